The number of carbonyl (C=O) groups excluding carboxylic acids is 1. The summed E-state index contributed by atoms with van der Waals surface area (Å²) in [7, 11) is 0. The van der Waals surface area contributed by atoms with Gasteiger partial charge in [-0.15, -0.1) is 0 Å². The zero-order valence-electron chi connectivity index (χ0n) is 11.5. The molecule has 1 amide bonds. The van der Waals surface area contributed by atoms with Gasteiger partial charge in [0, 0.05) is 12.6 Å². The number of hydrogen-bond acceptors (Lipinski definition) is 4. The summed E-state index contributed by atoms with van der Waals surface area (Å²) in [6, 6.07) is 3.02. The Hall–Kier alpha value is -1.60. The van der Waals surface area contributed by atoms with Gasteiger partial charge in [0.25, 0.3) is 0 Å². The molecular weight excluding hydrogens is 342 g/mol. The molecule has 114 valence electrons. The van der Waals surface area contributed by atoms with Gasteiger partial charge in [0.2, 0.25) is 5.91 Å². The highest BCUT2D eigenvalue weighted by molar-refractivity contribution is 9.10. The smallest absolute Gasteiger partial charge is 0.311 e. The molecule has 1 aromatic rings. The molecule has 0 saturated carbocycles. The standard InChI is InChI=1S/C14H16BrNO5/c1-2-16(11-8-20-7-10(11)14(18)19)13(17)6-4-9-3-5-12(15)21-9/h3-6,10-11H,2,7-8H2,1H3,(H,18,19). The van der Waals surface area contributed by atoms with Crippen LogP contribution in [0.4, 0.5) is 0 Å². The fourth-order valence-electron chi connectivity index (χ4n) is 2.31. The monoisotopic (exact) mass is 357 g/mol. The summed E-state index contributed by atoms with van der Waals surface area (Å²) in [4.78, 5) is 24.9. The molecule has 1 aliphatic rings. The lowest BCUT2D eigenvalue weighted by molar-refractivity contribution is -0.144. The average molecular weight is 358 g/mol. The molecule has 0 bridgehead atoms. The molecule has 1 aliphatic heterocycles. The van der Waals surface area contributed by atoms with Gasteiger partial charge in [0.05, 0.1) is 19.3 Å². The van der Waals surface area contributed by atoms with Crippen LogP contribution in [-0.2, 0) is 14.3 Å². The quantitative estimate of drug-likeness (QED) is 0.815. The van der Waals surface area contributed by atoms with E-state index in [4.69, 9.17) is 14.3 Å². The second-order valence-electron chi connectivity index (χ2n) is 4.65. The summed E-state index contributed by atoms with van der Waals surface area (Å²) in [5.41, 5.74) is 0. The van der Waals surface area contributed by atoms with E-state index >= 15 is 0 Å². The summed E-state index contributed by atoms with van der Waals surface area (Å²) in [6.07, 6.45) is 2.94. The molecule has 0 spiro atoms. The molecule has 7 heteroatoms. The molecule has 1 aromatic heterocycles. The highest BCUT2D eigenvalue weighted by atomic mass is 79.9. The van der Waals surface area contributed by atoms with Crippen LogP contribution in [0.2, 0.25) is 0 Å². The van der Waals surface area contributed by atoms with Crippen LogP contribution >= 0.6 is 15.9 Å². The summed E-state index contributed by atoms with van der Waals surface area (Å²) < 4.78 is 11.1. The van der Waals surface area contributed by atoms with E-state index in [1.807, 2.05) is 6.92 Å². The van der Waals surface area contributed by atoms with Crippen LogP contribution in [-0.4, -0.2) is 47.7 Å². The molecule has 2 unspecified atom stereocenters. The van der Waals surface area contributed by atoms with E-state index in [1.165, 1.54) is 11.0 Å². The number of carbonyl (C=O) groups is 2. The van der Waals surface area contributed by atoms with E-state index in [2.05, 4.69) is 15.9 Å². The van der Waals surface area contributed by atoms with Gasteiger partial charge in [-0.2, -0.15) is 0 Å². The van der Waals surface area contributed by atoms with Crippen molar-refractivity contribution >= 4 is 33.9 Å². The second kappa shape index (κ2) is 6.91. The van der Waals surface area contributed by atoms with E-state index in [0.717, 1.165) is 0 Å². The van der Waals surface area contributed by atoms with Crippen LogP contribution in [0, 0.1) is 5.92 Å². The zero-order valence-corrected chi connectivity index (χ0v) is 13.1. The second-order valence-corrected chi connectivity index (χ2v) is 5.43. The van der Waals surface area contributed by atoms with Crippen LogP contribution in [0.1, 0.15) is 12.7 Å². The van der Waals surface area contributed by atoms with Crippen LogP contribution in [0.5, 0.6) is 0 Å². The van der Waals surface area contributed by atoms with Gasteiger partial charge in [-0.05, 0) is 41.1 Å². The first kappa shape index (κ1) is 15.8. The summed E-state index contributed by atoms with van der Waals surface area (Å²) >= 11 is 3.18. The third kappa shape index (κ3) is 3.74. The topological polar surface area (TPSA) is 80.0 Å². The average Bonchev–Trinajstić information content (AvgIpc) is 3.06. The third-order valence-electron chi connectivity index (χ3n) is 3.38. The number of halogens is 1. The Kier molecular flexibility index (Phi) is 5.19. The molecule has 1 saturated heterocycles. The number of ether oxygens (including phenoxy) is 1. The number of carboxylic acid groups (broad SMARTS) is 1. The number of carboxylic acids is 1. The molecule has 6 nitrogen and oxygen atoms in total. The van der Waals surface area contributed by atoms with Crippen LogP contribution in [0.15, 0.2) is 27.3 Å². The van der Waals surface area contributed by atoms with Crippen molar-refractivity contribution in [3.63, 3.8) is 0 Å². The van der Waals surface area contributed by atoms with Gasteiger partial charge >= 0.3 is 5.97 Å². The minimum absolute atomic E-state index is 0.138. The van der Waals surface area contributed by atoms with Gasteiger partial charge < -0.3 is 19.2 Å². The van der Waals surface area contributed by atoms with Crippen molar-refractivity contribution in [2.24, 2.45) is 5.92 Å². The maximum absolute atomic E-state index is 12.2. The van der Waals surface area contributed by atoms with Gasteiger partial charge in [-0.3, -0.25) is 9.59 Å². The molecule has 1 N–H and O–H groups in total. The summed E-state index contributed by atoms with van der Waals surface area (Å²) in [6.45, 7) is 2.62. The number of rotatable bonds is 5. The fraction of sp³-hybridized carbons (Fsp3) is 0.429. The van der Waals surface area contributed by atoms with E-state index in [9.17, 15) is 9.59 Å². The normalized spacial score (nSPS) is 21.8. The van der Waals surface area contributed by atoms with Crippen molar-refractivity contribution in [1.29, 1.82) is 0 Å². The Labute approximate surface area is 130 Å². The highest BCUT2D eigenvalue weighted by Crippen LogP contribution is 2.21. The maximum atomic E-state index is 12.2. The van der Waals surface area contributed by atoms with Crippen molar-refractivity contribution in [3.8, 4) is 0 Å². The lowest BCUT2D eigenvalue weighted by Crippen LogP contribution is -2.45. The van der Waals surface area contributed by atoms with Crippen molar-refractivity contribution < 1.29 is 23.8 Å². The zero-order chi connectivity index (χ0) is 15.4. The lowest BCUT2D eigenvalue weighted by atomic mass is 10.0. The first-order valence-corrected chi connectivity index (χ1v) is 7.36. The molecule has 0 radical (unpaired) electrons. The van der Waals surface area contributed by atoms with Crippen LogP contribution in [0.25, 0.3) is 6.08 Å². The van der Waals surface area contributed by atoms with E-state index in [1.54, 1.807) is 18.2 Å². The predicted octanol–water partition coefficient (Wildman–Crippen LogP) is 2.00. The third-order valence-corrected chi connectivity index (χ3v) is 3.80. The summed E-state index contributed by atoms with van der Waals surface area (Å²) in [5, 5.41) is 9.16. The Bertz CT molecular complexity index is 553. The van der Waals surface area contributed by atoms with Gasteiger partial charge in [0.1, 0.15) is 11.7 Å². The minimum Gasteiger partial charge on any atom is -0.481 e. The Morgan fingerprint density at radius 1 is 1.48 bits per heavy atom. The number of likely N-dealkylation sites (N-methyl/N-ethyl adjacent to an activating group) is 1. The molecule has 2 atom stereocenters. The minimum atomic E-state index is -0.942. The Morgan fingerprint density at radius 2 is 2.24 bits per heavy atom. The van der Waals surface area contributed by atoms with Crippen LogP contribution < -0.4 is 0 Å². The van der Waals surface area contributed by atoms with Crippen molar-refractivity contribution in [2.45, 2.75) is 13.0 Å². The largest absolute Gasteiger partial charge is 0.481 e. The number of aliphatic carboxylic acids is 1. The molecule has 0 aromatic carbocycles. The van der Waals surface area contributed by atoms with E-state index < -0.39 is 17.9 Å². The molecule has 0 aliphatic carbocycles. The SMILES string of the molecule is CCN(C(=O)C=Cc1ccc(Br)o1)C1COCC1C(=O)O. The molecular formula is C14H16BrNO5. The van der Waals surface area contributed by atoms with Crippen LogP contribution in [0.3, 0.4) is 0 Å². The van der Waals surface area contributed by atoms with Gasteiger partial charge in [0.15, 0.2) is 4.67 Å². The summed E-state index contributed by atoms with van der Waals surface area (Å²) in [5.74, 6) is -1.33. The predicted molar refractivity (Wildman–Crippen MR) is 78.6 cm³/mol. The molecule has 2 heterocycles. The lowest BCUT2D eigenvalue weighted by Gasteiger charge is -2.28. The van der Waals surface area contributed by atoms with E-state index in [0.29, 0.717) is 17.0 Å². The number of amides is 1. The Morgan fingerprint density at radius 3 is 2.81 bits per heavy atom. The molecule has 2 rings (SSSR count). The molecule has 1 fully saturated rings. The van der Waals surface area contributed by atoms with Crippen molar-refractivity contribution in [3.05, 3.63) is 28.6 Å². The highest BCUT2D eigenvalue weighted by Gasteiger charge is 2.38. The van der Waals surface area contributed by atoms with Gasteiger partial charge in [-0.25, -0.2) is 0 Å². The first-order chi connectivity index (χ1) is 10.0. The first-order valence-electron chi connectivity index (χ1n) is 6.57. The van der Waals surface area contributed by atoms with E-state index in [-0.39, 0.29) is 19.1 Å². The Balaban J connectivity index is 2.08. The maximum Gasteiger partial charge on any atom is 0.311 e. The van der Waals surface area contributed by atoms with Crippen molar-refractivity contribution in [1.82, 2.24) is 4.90 Å². The molecule has 21 heavy (non-hydrogen) atoms. The fourth-order valence-corrected chi connectivity index (χ4v) is 2.63. The number of furan rings is 1. The van der Waals surface area contributed by atoms with Crippen molar-refractivity contribution in [2.75, 3.05) is 19.8 Å². The number of hydrogen-bond donors (Lipinski definition) is 1. The number of nitrogens with zero attached hydrogens (tertiary/aromatic N) is 1. The van der Waals surface area contributed by atoms with Gasteiger partial charge in [-0.1, -0.05) is 0 Å².